The lowest BCUT2D eigenvalue weighted by molar-refractivity contribution is 0.0472. The molecular formula is C24H24N2O4. The number of hydrogen-bond acceptors (Lipinski definition) is 4. The van der Waals surface area contributed by atoms with Gasteiger partial charge in [0.1, 0.15) is 12.4 Å². The first-order valence-corrected chi connectivity index (χ1v) is 9.63. The fourth-order valence-corrected chi connectivity index (χ4v) is 2.87. The molecule has 0 aliphatic heterocycles. The Bertz CT molecular complexity index is 975. The second-order valence-electron chi connectivity index (χ2n) is 6.59. The van der Waals surface area contributed by atoms with E-state index >= 15 is 0 Å². The summed E-state index contributed by atoms with van der Waals surface area (Å²) >= 11 is 0. The van der Waals surface area contributed by atoms with Crippen LogP contribution in [0.15, 0.2) is 78.9 Å². The number of carbonyl (C=O) groups is 2. The molecule has 3 aromatic rings. The van der Waals surface area contributed by atoms with Crippen LogP contribution in [0.2, 0.25) is 0 Å². The molecule has 2 N–H and O–H groups in total. The first kappa shape index (κ1) is 20.9. The number of ether oxygens (including phenoxy) is 2. The van der Waals surface area contributed by atoms with Gasteiger partial charge in [0.15, 0.2) is 0 Å². The zero-order chi connectivity index (χ0) is 21.2. The predicted octanol–water partition coefficient (Wildman–Crippen LogP) is 4.42. The maximum atomic E-state index is 12.4. The largest absolute Gasteiger partial charge is 0.495 e. The number of benzene rings is 3. The SMILES string of the molecule is COc1ccc(C(=O)OCc2ccccc2)cc1NC(=O)NCCc1ccccc1. The normalized spacial score (nSPS) is 10.2. The van der Waals surface area contributed by atoms with E-state index in [4.69, 9.17) is 9.47 Å². The molecule has 0 saturated carbocycles. The summed E-state index contributed by atoms with van der Waals surface area (Å²) in [5.74, 6) is -0.0261. The molecule has 0 saturated heterocycles. The van der Waals surface area contributed by atoms with Gasteiger partial charge in [-0.3, -0.25) is 0 Å². The van der Waals surface area contributed by atoms with Crippen molar-refractivity contribution in [3.63, 3.8) is 0 Å². The van der Waals surface area contributed by atoms with Gasteiger partial charge in [0.05, 0.1) is 18.4 Å². The van der Waals surface area contributed by atoms with Crippen LogP contribution in [0.4, 0.5) is 10.5 Å². The third-order valence-corrected chi connectivity index (χ3v) is 4.44. The van der Waals surface area contributed by atoms with Crippen molar-refractivity contribution < 1.29 is 19.1 Å². The summed E-state index contributed by atoms with van der Waals surface area (Å²) in [7, 11) is 1.50. The minimum absolute atomic E-state index is 0.175. The Morgan fingerprint density at radius 3 is 2.20 bits per heavy atom. The fourth-order valence-electron chi connectivity index (χ4n) is 2.87. The Labute approximate surface area is 175 Å². The van der Waals surface area contributed by atoms with Crippen LogP contribution in [0.25, 0.3) is 0 Å². The van der Waals surface area contributed by atoms with E-state index in [1.54, 1.807) is 18.2 Å². The number of anilines is 1. The van der Waals surface area contributed by atoms with Crippen LogP contribution >= 0.6 is 0 Å². The molecule has 0 atom stereocenters. The number of carbonyl (C=O) groups excluding carboxylic acids is 2. The summed E-state index contributed by atoms with van der Waals surface area (Å²) in [4.78, 5) is 24.7. The summed E-state index contributed by atoms with van der Waals surface area (Å²) in [5, 5.41) is 5.54. The first-order chi connectivity index (χ1) is 14.7. The van der Waals surface area contributed by atoms with Crippen LogP contribution in [-0.2, 0) is 17.8 Å². The van der Waals surface area contributed by atoms with E-state index in [0.717, 1.165) is 17.5 Å². The highest BCUT2D eigenvalue weighted by atomic mass is 16.5. The standard InChI is InChI=1S/C24H24N2O4/c1-29-22-13-12-20(23(27)30-17-19-10-6-3-7-11-19)16-21(22)26-24(28)25-15-14-18-8-4-2-5-9-18/h2-13,16H,14-15,17H2,1H3,(H2,25,26,28). The molecule has 0 aromatic heterocycles. The van der Waals surface area contributed by atoms with E-state index in [1.807, 2.05) is 60.7 Å². The maximum Gasteiger partial charge on any atom is 0.338 e. The lowest BCUT2D eigenvalue weighted by atomic mass is 10.1. The Morgan fingerprint density at radius 1 is 0.867 bits per heavy atom. The zero-order valence-corrected chi connectivity index (χ0v) is 16.8. The molecule has 154 valence electrons. The van der Waals surface area contributed by atoms with Crippen molar-refractivity contribution in [2.75, 3.05) is 19.0 Å². The summed E-state index contributed by atoms with van der Waals surface area (Å²) < 4.78 is 10.6. The number of amides is 2. The van der Waals surface area contributed by atoms with E-state index in [1.165, 1.54) is 7.11 Å². The first-order valence-electron chi connectivity index (χ1n) is 9.63. The van der Waals surface area contributed by atoms with Crippen LogP contribution in [0.3, 0.4) is 0 Å². The van der Waals surface area contributed by atoms with Crippen LogP contribution in [0.1, 0.15) is 21.5 Å². The summed E-state index contributed by atoms with van der Waals surface area (Å²) in [6.07, 6.45) is 0.719. The van der Waals surface area contributed by atoms with Gasteiger partial charge in [0, 0.05) is 6.54 Å². The van der Waals surface area contributed by atoms with Gasteiger partial charge in [-0.2, -0.15) is 0 Å². The molecule has 3 aromatic carbocycles. The van der Waals surface area contributed by atoms with E-state index in [-0.39, 0.29) is 12.6 Å². The van der Waals surface area contributed by atoms with E-state index < -0.39 is 5.97 Å². The molecule has 0 aliphatic rings. The van der Waals surface area contributed by atoms with Gasteiger partial charge in [0.2, 0.25) is 0 Å². The molecule has 0 spiro atoms. The highest BCUT2D eigenvalue weighted by Crippen LogP contribution is 2.26. The molecular weight excluding hydrogens is 380 g/mol. The molecule has 6 heteroatoms. The van der Waals surface area contributed by atoms with Crippen molar-refractivity contribution in [3.8, 4) is 5.75 Å². The van der Waals surface area contributed by atoms with Crippen molar-refractivity contribution in [2.45, 2.75) is 13.0 Å². The van der Waals surface area contributed by atoms with Crippen LogP contribution in [-0.4, -0.2) is 25.7 Å². The van der Waals surface area contributed by atoms with Gasteiger partial charge in [-0.05, 0) is 35.7 Å². The van der Waals surface area contributed by atoms with Gasteiger partial charge >= 0.3 is 12.0 Å². The Balaban J connectivity index is 1.57. The molecule has 2 amide bonds. The fraction of sp³-hybridized carbons (Fsp3) is 0.167. The Hall–Kier alpha value is -3.80. The minimum atomic E-state index is -0.478. The lowest BCUT2D eigenvalue weighted by Gasteiger charge is -2.13. The Morgan fingerprint density at radius 2 is 1.53 bits per heavy atom. The summed E-state index contributed by atoms with van der Waals surface area (Å²) in [6.45, 7) is 0.658. The van der Waals surface area contributed by atoms with E-state index in [9.17, 15) is 9.59 Å². The van der Waals surface area contributed by atoms with Crippen molar-refractivity contribution >= 4 is 17.7 Å². The zero-order valence-electron chi connectivity index (χ0n) is 16.8. The molecule has 0 heterocycles. The van der Waals surface area contributed by atoms with Gasteiger partial charge < -0.3 is 20.1 Å². The lowest BCUT2D eigenvalue weighted by Crippen LogP contribution is -2.30. The topological polar surface area (TPSA) is 76.7 Å². The molecule has 0 fully saturated rings. The monoisotopic (exact) mass is 404 g/mol. The smallest absolute Gasteiger partial charge is 0.338 e. The second kappa shape index (κ2) is 10.7. The third kappa shape index (κ3) is 6.10. The van der Waals surface area contributed by atoms with Crippen molar-refractivity contribution in [1.29, 1.82) is 0 Å². The van der Waals surface area contributed by atoms with Gasteiger partial charge in [0.25, 0.3) is 0 Å². The maximum absolute atomic E-state index is 12.4. The van der Waals surface area contributed by atoms with Gasteiger partial charge in [-0.15, -0.1) is 0 Å². The molecule has 30 heavy (non-hydrogen) atoms. The van der Waals surface area contributed by atoms with E-state index in [2.05, 4.69) is 10.6 Å². The molecule has 0 radical (unpaired) electrons. The van der Waals surface area contributed by atoms with Gasteiger partial charge in [-0.25, -0.2) is 9.59 Å². The average molecular weight is 404 g/mol. The van der Waals surface area contributed by atoms with Crippen molar-refractivity contribution in [3.05, 3.63) is 95.6 Å². The molecule has 3 rings (SSSR count). The third-order valence-electron chi connectivity index (χ3n) is 4.44. The number of esters is 1. The van der Waals surface area contributed by atoms with Gasteiger partial charge in [-0.1, -0.05) is 60.7 Å². The average Bonchev–Trinajstić information content (AvgIpc) is 2.79. The molecule has 0 unspecified atom stereocenters. The molecule has 0 aliphatic carbocycles. The number of nitrogens with one attached hydrogen (secondary N) is 2. The number of rotatable bonds is 8. The van der Waals surface area contributed by atoms with Crippen LogP contribution < -0.4 is 15.4 Å². The van der Waals surface area contributed by atoms with Crippen LogP contribution in [0.5, 0.6) is 5.75 Å². The predicted molar refractivity (Wildman–Crippen MR) is 116 cm³/mol. The highest BCUT2D eigenvalue weighted by Gasteiger charge is 2.13. The minimum Gasteiger partial charge on any atom is -0.495 e. The highest BCUT2D eigenvalue weighted by molar-refractivity contribution is 5.95. The Kier molecular flexibility index (Phi) is 7.44. The molecule has 0 bridgehead atoms. The quantitative estimate of drug-likeness (QED) is 0.545. The summed E-state index contributed by atoms with van der Waals surface area (Å²) in [5.41, 5.74) is 2.75. The van der Waals surface area contributed by atoms with Crippen molar-refractivity contribution in [2.24, 2.45) is 0 Å². The van der Waals surface area contributed by atoms with Crippen molar-refractivity contribution in [1.82, 2.24) is 5.32 Å². The summed E-state index contributed by atoms with van der Waals surface area (Å²) in [6, 6.07) is 23.7. The number of urea groups is 1. The number of hydrogen-bond donors (Lipinski definition) is 2. The number of methoxy groups -OCH3 is 1. The molecule has 6 nitrogen and oxygen atoms in total. The van der Waals surface area contributed by atoms with Crippen LogP contribution in [0, 0.1) is 0 Å². The van der Waals surface area contributed by atoms with E-state index in [0.29, 0.717) is 23.5 Å². The second-order valence-corrected chi connectivity index (χ2v) is 6.59.